The van der Waals surface area contributed by atoms with Gasteiger partial charge in [-0.15, -0.1) is 0 Å². The Morgan fingerprint density at radius 2 is 2.27 bits per heavy atom. The molecular weight excluding hydrogens is 323 g/mol. The first kappa shape index (κ1) is 18.1. The number of aryl methyl sites for hydroxylation is 1. The Bertz CT molecular complexity index is 518. The Morgan fingerprint density at radius 1 is 1.55 bits per heavy atom. The van der Waals surface area contributed by atoms with Gasteiger partial charge in [0.2, 0.25) is 0 Å². The van der Waals surface area contributed by atoms with E-state index in [1.807, 2.05) is 12.2 Å². The molecule has 0 aliphatic heterocycles. The molecule has 0 amide bonds. The van der Waals surface area contributed by atoms with E-state index in [2.05, 4.69) is 15.3 Å². The summed E-state index contributed by atoms with van der Waals surface area (Å²) in [6.45, 7) is 0.845. The van der Waals surface area contributed by atoms with Crippen LogP contribution in [0.15, 0.2) is 18.3 Å². The summed E-state index contributed by atoms with van der Waals surface area (Å²) in [6, 6.07) is 0. The fourth-order valence-corrected chi connectivity index (χ4v) is 2.29. The summed E-state index contributed by atoms with van der Waals surface area (Å²) in [6.07, 6.45) is -2.37. The smallest absolute Gasteiger partial charge is 0.366 e. The molecule has 0 radical (unpaired) electrons. The van der Waals surface area contributed by atoms with Gasteiger partial charge in [-0.3, -0.25) is 10.1 Å². The molecule has 11 heteroatoms. The minimum absolute atomic E-state index is 0.265. The van der Waals surface area contributed by atoms with Crippen molar-refractivity contribution in [2.45, 2.75) is 18.9 Å². The molecule has 22 heavy (non-hydrogen) atoms. The van der Waals surface area contributed by atoms with Crippen LogP contribution in [0.1, 0.15) is 11.4 Å². The van der Waals surface area contributed by atoms with Gasteiger partial charge in [0.05, 0.1) is 16.9 Å². The highest BCUT2D eigenvalue weighted by molar-refractivity contribution is 7.98. The lowest BCUT2D eigenvalue weighted by molar-refractivity contribution is -0.404. The number of alkyl halides is 3. The molecule has 124 valence electrons. The number of H-pyrrole nitrogens is 1. The van der Waals surface area contributed by atoms with Crippen molar-refractivity contribution in [3.05, 3.63) is 39.9 Å². The molecule has 0 aliphatic carbocycles. The number of nitrogens with zero attached hydrogens (tertiary/aromatic N) is 2. The van der Waals surface area contributed by atoms with Crippen LogP contribution in [0.3, 0.4) is 0 Å². The van der Waals surface area contributed by atoms with Crippen molar-refractivity contribution in [3.63, 3.8) is 0 Å². The van der Waals surface area contributed by atoms with E-state index in [9.17, 15) is 23.3 Å². The predicted molar refractivity (Wildman–Crippen MR) is 76.6 cm³/mol. The normalized spacial score (nSPS) is 12.3. The minimum Gasteiger partial charge on any atom is -0.366 e. The van der Waals surface area contributed by atoms with Gasteiger partial charge in [0.1, 0.15) is 6.54 Å². The number of rotatable bonds is 9. The summed E-state index contributed by atoms with van der Waals surface area (Å²) in [4.78, 5) is 16.6. The van der Waals surface area contributed by atoms with Gasteiger partial charge in [0.15, 0.2) is 5.82 Å². The number of halogens is 3. The van der Waals surface area contributed by atoms with Crippen LogP contribution >= 0.6 is 11.8 Å². The molecule has 1 aromatic heterocycles. The molecule has 1 aromatic rings. The summed E-state index contributed by atoms with van der Waals surface area (Å²) in [5.74, 6) is 0.954. The maximum Gasteiger partial charge on any atom is 0.405 e. The number of hydrogen-bond donors (Lipinski definition) is 3. The Morgan fingerprint density at radius 3 is 2.82 bits per heavy atom. The second-order valence-electron chi connectivity index (χ2n) is 4.25. The molecule has 0 aromatic carbocycles. The van der Waals surface area contributed by atoms with Crippen molar-refractivity contribution in [1.82, 2.24) is 20.6 Å². The number of nitrogens with one attached hydrogen (secondary N) is 3. The van der Waals surface area contributed by atoms with E-state index in [4.69, 9.17) is 0 Å². The van der Waals surface area contributed by atoms with Crippen molar-refractivity contribution >= 4 is 11.8 Å². The average Bonchev–Trinajstić information content (AvgIpc) is 2.79. The molecule has 0 fully saturated rings. The Hall–Kier alpha value is -1.91. The maximum atomic E-state index is 12.1. The van der Waals surface area contributed by atoms with Crippen LogP contribution in [0.2, 0.25) is 0 Å². The van der Waals surface area contributed by atoms with Crippen LogP contribution in [0.4, 0.5) is 13.2 Å². The zero-order chi connectivity index (χ0) is 16.6. The lowest BCUT2D eigenvalue weighted by Crippen LogP contribution is -2.35. The molecule has 0 bridgehead atoms. The van der Waals surface area contributed by atoms with Crippen LogP contribution < -0.4 is 10.6 Å². The molecule has 0 saturated carbocycles. The van der Waals surface area contributed by atoms with Gasteiger partial charge in [-0.2, -0.15) is 24.9 Å². The number of imidazole rings is 1. The third-order valence-electron chi connectivity index (χ3n) is 2.45. The molecule has 0 unspecified atom stereocenters. The van der Waals surface area contributed by atoms with Crippen LogP contribution in [-0.4, -0.2) is 39.9 Å². The first-order chi connectivity index (χ1) is 10.3. The third kappa shape index (κ3) is 7.76. The van der Waals surface area contributed by atoms with Crippen molar-refractivity contribution in [1.29, 1.82) is 0 Å². The van der Waals surface area contributed by atoms with E-state index in [-0.39, 0.29) is 5.82 Å². The van der Waals surface area contributed by atoms with Gasteiger partial charge >= 0.3 is 6.18 Å². The Balaban J connectivity index is 2.31. The number of thioether (sulfide) groups is 1. The zero-order valence-corrected chi connectivity index (χ0v) is 12.6. The van der Waals surface area contributed by atoms with Gasteiger partial charge < -0.3 is 15.6 Å². The predicted octanol–water partition coefficient (Wildman–Crippen LogP) is 1.77. The highest BCUT2D eigenvalue weighted by Gasteiger charge is 2.27. The summed E-state index contributed by atoms with van der Waals surface area (Å²) in [7, 11) is 0. The number of hydrogen-bond acceptors (Lipinski definition) is 6. The third-order valence-corrected chi connectivity index (χ3v) is 3.42. The van der Waals surface area contributed by atoms with Crippen molar-refractivity contribution in [2.75, 3.05) is 18.8 Å². The van der Waals surface area contributed by atoms with Crippen LogP contribution in [-0.2, 0) is 5.75 Å². The van der Waals surface area contributed by atoms with E-state index >= 15 is 0 Å². The molecule has 3 N–H and O–H groups in total. The van der Waals surface area contributed by atoms with Gasteiger partial charge in [-0.05, 0) is 6.92 Å². The number of nitro groups is 1. The van der Waals surface area contributed by atoms with Gasteiger partial charge in [-0.25, -0.2) is 4.98 Å². The lowest BCUT2D eigenvalue weighted by Gasteiger charge is -2.12. The lowest BCUT2D eigenvalue weighted by atomic mass is 10.4. The van der Waals surface area contributed by atoms with Gasteiger partial charge in [0.25, 0.3) is 6.20 Å². The number of aromatic amines is 1. The second kappa shape index (κ2) is 8.51. The van der Waals surface area contributed by atoms with Crippen molar-refractivity contribution in [3.8, 4) is 0 Å². The van der Waals surface area contributed by atoms with Crippen LogP contribution in [0.25, 0.3) is 0 Å². The highest BCUT2D eigenvalue weighted by Crippen LogP contribution is 2.13. The summed E-state index contributed by atoms with van der Waals surface area (Å²) < 4.78 is 36.3. The summed E-state index contributed by atoms with van der Waals surface area (Å²) in [5.41, 5.74) is 1.86. The van der Waals surface area contributed by atoms with Crippen molar-refractivity contribution in [2.24, 2.45) is 0 Å². The first-order valence-corrected chi connectivity index (χ1v) is 7.40. The SMILES string of the molecule is Cc1[nH]cnc1CSCCN/C(=C\[N+](=O)[O-])NCC(F)(F)F. The van der Waals surface area contributed by atoms with E-state index < -0.39 is 17.6 Å². The standard InChI is InChI=1S/C11H16F3N5O2S/c1-8-9(18-7-17-8)5-22-3-2-15-10(4-19(20)21)16-6-11(12,13)14/h4,7,15-16H,2-3,5-6H2,1H3,(H,17,18)/b10-4+. The van der Waals surface area contributed by atoms with Crippen LogP contribution in [0, 0.1) is 17.0 Å². The summed E-state index contributed by atoms with van der Waals surface area (Å²) in [5, 5.41) is 14.9. The fourth-order valence-electron chi connectivity index (χ4n) is 1.41. The van der Waals surface area contributed by atoms with E-state index in [1.165, 1.54) is 11.8 Å². The first-order valence-electron chi connectivity index (χ1n) is 6.24. The van der Waals surface area contributed by atoms with Gasteiger partial charge in [-0.1, -0.05) is 0 Å². The molecular formula is C11H16F3N5O2S. The largest absolute Gasteiger partial charge is 0.405 e. The molecule has 0 saturated heterocycles. The zero-order valence-electron chi connectivity index (χ0n) is 11.7. The summed E-state index contributed by atoms with van der Waals surface area (Å²) >= 11 is 1.52. The topological polar surface area (TPSA) is 95.9 Å². The minimum atomic E-state index is -4.44. The Kier molecular flexibility index (Phi) is 7.02. The van der Waals surface area contributed by atoms with E-state index in [1.54, 1.807) is 6.33 Å². The average molecular weight is 339 g/mol. The molecule has 1 rings (SSSR count). The van der Waals surface area contributed by atoms with E-state index in [0.29, 0.717) is 24.3 Å². The number of aromatic nitrogens is 2. The van der Waals surface area contributed by atoms with Gasteiger partial charge in [0, 0.05) is 23.7 Å². The van der Waals surface area contributed by atoms with Crippen molar-refractivity contribution < 1.29 is 18.1 Å². The molecule has 0 aliphatic rings. The Labute approximate surface area is 128 Å². The molecule has 1 heterocycles. The monoisotopic (exact) mass is 339 g/mol. The molecule has 0 atom stereocenters. The fraction of sp³-hybridized carbons (Fsp3) is 0.545. The molecule has 7 nitrogen and oxygen atoms in total. The second-order valence-corrected chi connectivity index (χ2v) is 5.36. The maximum absolute atomic E-state index is 12.1. The quantitative estimate of drug-likeness (QED) is 0.360. The van der Waals surface area contributed by atoms with Crippen LogP contribution in [0.5, 0.6) is 0 Å². The molecule has 0 spiro atoms. The highest BCUT2D eigenvalue weighted by atomic mass is 32.2. The van der Waals surface area contributed by atoms with E-state index in [0.717, 1.165) is 11.4 Å².